The van der Waals surface area contributed by atoms with E-state index in [4.69, 9.17) is 0 Å². The molecule has 92 valence electrons. The number of carbonyl (C=O) groups excluding carboxylic acids is 1. The summed E-state index contributed by atoms with van der Waals surface area (Å²) in [6.45, 7) is 1.65. The second-order valence-electron chi connectivity index (χ2n) is 3.98. The maximum Gasteiger partial charge on any atom is 0.328 e. The first kappa shape index (κ1) is 12.1. The lowest BCUT2D eigenvalue weighted by atomic mass is 10.1. The number of nitrogens with one attached hydrogen (secondary N) is 1. The molecule has 1 fully saturated rings. The van der Waals surface area contributed by atoms with Crippen LogP contribution in [0.3, 0.4) is 0 Å². The Morgan fingerprint density at radius 3 is 2.47 bits per heavy atom. The van der Waals surface area contributed by atoms with E-state index in [1.165, 1.54) is 0 Å². The lowest BCUT2D eigenvalue weighted by Crippen LogP contribution is -2.58. The van der Waals surface area contributed by atoms with E-state index in [2.05, 4.69) is 9.46 Å². The summed E-state index contributed by atoms with van der Waals surface area (Å²) in [5.41, 5.74) is 0.681. The van der Waals surface area contributed by atoms with Gasteiger partial charge in [0.25, 0.3) is 0 Å². The minimum absolute atomic E-state index is 0.135. The first-order valence-electron chi connectivity index (χ1n) is 5.22. The third-order valence-corrected chi connectivity index (χ3v) is 3.86. The molecule has 1 N–H and O–H groups in total. The van der Waals surface area contributed by atoms with Gasteiger partial charge in [-0.25, -0.2) is 8.42 Å². The van der Waals surface area contributed by atoms with Gasteiger partial charge < -0.3 is 4.74 Å². The molecule has 0 bridgehead atoms. The highest BCUT2D eigenvalue weighted by atomic mass is 32.2. The van der Waals surface area contributed by atoms with Gasteiger partial charge in [-0.1, -0.05) is 30.3 Å². The molecule has 17 heavy (non-hydrogen) atoms. The van der Waals surface area contributed by atoms with E-state index in [1.54, 1.807) is 31.2 Å². The van der Waals surface area contributed by atoms with Gasteiger partial charge in [-0.15, -0.1) is 0 Å². The molecule has 1 aliphatic heterocycles. The molecule has 1 saturated heterocycles. The van der Waals surface area contributed by atoms with Crippen molar-refractivity contribution in [2.24, 2.45) is 0 Å². The molecule has 6 heteroatoms. The predicted octanol–water partition coefficient (Wildman–Crippen LogP) is 0.420. The van der Waals surface area contributed by atoms with Gasteiger partial charge in [0.2, 0.25) is 10.0 Å². The lowest BCUT2D eigenvalue weighted by molar-refractivity contribution is -0.173. The summed E-state index contributed by atoms with van der Waals surface area (Å²) < 4.78 is 30.6. The second-order valence-corrected chi connectivity index (χ2v) is 5.74. The number of sulfonamides is 1. The summed E-state index contributed by atoms with van der Waals surface area (Å²) in [5, 5.41) is 0. The third kappa shape index (κ3) is 2.83. The van der Waals surface area contributed by atoms with Gasteiger partial charge >= 0.3 is 5.97 Å². The molecule has 0 saturated carbocycles. The molecule has 1 aromatic carbocycles. The minimum atomic E-state index is -3.51. The van der Waals surface area contributed by atoms with E-state index in [0.29, 0.717) is 5.56 Å². The zero-order valence-electron chi connectivity index (χ0n) is 9.29. The van der Waals surface area contributed by atoms with Crippen LogP contribution in [0.25, 0.3) is 0 Å². The van der Waals surface area contributed by atoms with E-state index in [-0.39, 0.29) is 5.75 Å². The Labute approximate surface area is 99.8 Å². The molecule has 0 radical (unpaired) electrons. The minimum Gasteiger partial charge on any atom is -0.459 e. The van der Waals surface area contributed by atoms with Crippen molar-refractivity contribution in [1.29, 1.82) is 0 Å². The molecule has 0 amide bonds. The fourth-order valence-corrected chi connectivity index (χ4v) is 3.01. The van der Waals surface area contributed by atoms with Crippen molar-refractivity contribution < 1.29 is 17.9 Å². The SMILES string of the molecule is C[C@H]1OC(=O)[C@@H]1NS(=O)(=O)Cc1ccccc1. The Kier molecular flexibility index (Phi) is 3.17. The van der Waals surface area contributed by atoms with Gasteiger partial charge in [0.15, 0.2) is 6.04 Å². The summed E-state index contributed by atoms with van der Waals surface area (Å²) in [6, 6.07) is 8.05. The Balaban J connectivity index is 2.03. The van der Waals surface area contributed by atoms with Crippen molar-refractivity contribution >= 4 is 16.0 Å². The largest absolute Gasteiger partial charge is 0.459 e. The summed E-state index contributed by atoms with van der Waals surface area (Å²) in [4.78, 5) is 11.0. The van der Waals surface area contributed by atoms with Gasteiger partial charge in [0.05, 0.1) is 5.75 Å². The zero-order chi connectivity index (χ0) is 12.5. The normalized spacial score (nSPS) is 23.9. The van der Waals surface area contributed by atoms with Crippen molar-refractivity contribution in [2.45, 2.75) is 24.8 Å². The molecule has 1 aliphatic rings. The second kappa shape index (κ2) is 4.46. The Morgan fingerprint density at radius 1 is 1.29 bits per heavy atom. The summed E-state index contributed by atoms with van der Waals surface area (Å²) in [6.07, 6.45) is -0.395. The zero-order valence-corrected chi connectivity index (χ0v) is 10.1. The van der Waals surface area contributed by atoms with Gasteiger partial charge in [-0.2, -0.15) is 4.72 Å². The standard InChI is InChI=1S/C11H13NO4S/c1-8-10(11(13)16-8)12-17(14,15)7-9-5-3-2-4-6-9/h2-6,8,10,12H,7H2,1H3/t8-,10-/m1/s1. The highest BCUT2D eigenvalue weighted by molar-refractivity contribution is 7.88. The molecule has 0 aliphatic carbocycles. The first-order valence-corrected chi connectivity index (χ1v) is 6.87. The van der Waals surface area contributed by atoms with E-state index in [1.807, 2.05) is 6.07 Å². The number of cyclic esters (lactones) is 1. The topological polar surface area (TPSA) is 72.5 Å². The third-order valence-electron chi connectivity index (χ3n) is 2.53. The highest BCUT2D eigenvalue weighted by Gasteiger charge is 2.41. The van der Waals surface area contributed by atoms with Gasteiger partial charge in [-0.3, -0.25) is 4.79 Å². The maximum atomic E-state index is 11.8. The number of carbonyl (C=O) groups is 1. The highest BCUT2D eigenvalue weighted by Crippen LogP contribution is 2.15. The van der Waals surface area contributed by atoms with Crippen LogP contribution in [0.15, 0.2) is 30.3 Å². The number of rotatable bonds is 4. The van der Waals surface area contributed by atoms with Crippen LogP contribution in [0.4, 0.5) is 0 Å². The lowest BCUT2D eigenvalue weighted by Gasteiger charge is -2.32. The number of hydrogen-bond donors (Lipinski definition) is 1. The van der Waals surface area contributed by atoms with E-state index >= 15 is 0 Å². The van der Waals surface area contributed by atoms with Crippen molar-refractivity contribution in [1.82, 2.24) is 4.72 Å². The maximum absolute atomic E-state index is 11.8. The summed E-state index contributed by atoms with van der Waals surface area (Å²) in [5.74, 6) is -0.654. The predicted molar refractivity (Wildman–Crippen MR) is 61.5 cm³/mol. The van der Waals surface area contributed by atoms with Crippen LogP contribution in [0.1, 0.15) is 12.5 Å². The summed E-state index contributed by atoms with van der Waals surface area (Å²) >= 11 is 0. The molecule has 1 heterocycles. The van der Waals surface area contributed by atoms with Gasteiger partial charge in [0, 0.05) is 0 Å². The molecule has 1 aromatic rings. The Morgan fingerprint density at radius 2 is 1.94 bits per heavy atom. The Bertz CT molecular complexity index is 512. The van der Waals surface area contributed by atoms with Crippen molar-refractivity contribution in [3.63, 3.8) is 0 Å². The smallest absolute Gasteiger partial charge is 0.328 e. The van der Waals surface area contributed by atoms with E-state index < -0.39 is 28.1 Å². The van der Waals surface area contributed by atoms with Crippen molar-refractivity contribution in [3.8, 4) is 0 Å². The first-order chi connectivity index (χ1) is 7.98. The van der Waals surface area contributed by atoms with E-state index in [9.17, 15) is 13.2 Å². The van der Waals surface area contributed by atoms with Gasteiger partial charge in [-0.05, 0) is 12.5 Å². The fourth-order valence-electron chi connectivity index (χ4n) is 1.62. The molecule has 0 aromatic heterocycles. The van der Waals surface area contributed by atoms with Crippen LogP contribution in [0, 0.1) is 0 Å². The van der Waals surface area contributed by atoms with Crippen LogP contribution in [0.2, 0.25) is 0 Å². The number of benzene rings is 1. The average molecular weight is 255 g/mol. The average Bonchev–Trinajstić information content (AvgIpc) is 2.27. The number of ether oxygens (including phenoxy) is 1. The van der Waals surface area contributed by atoms with Crippen LogP contribution in [-0.4, -0.2) is 26.5 Å². The molecule has 2 rings (SSSR count). The van der Waals surface area contributed by atoms with Crippen LogP contribution >= 0.6 is 0 Å². The number of esters is 1. The quantitative estimate of drug-likeness (QED) is 0.791. The molecule has 2 atom stereocenters. The molecule has 0 spiro atoms. The summed E-state index contributed by atoms with van der Waals surface area (Å²) in [7, 11) is -3.51. The van der Waals surface area contributed by atoms with Crippen LogP contribution in [0.5, 0.6) is 0 Å². The van der Waals surface area contributed by atoms with Crippen molar-refractivity contribution in [2.75, 3.05) is 0 Å². The van der Waals surface area contributed by atoms with Crippen molar-refractivity contribution in [3.05, 3.63) is 35.9 Å². The van der Waals surface area contributed by atoms with Gasteiger partial charge in [0.1, 0.15) is 6.10 Å². The molecular weight excluding hydrogens is 242 g/mol. The van der Waals surface area contributed by atoms with Crippen LogP contribution in [-0.2, 0) is 25.3 Å². The van der Waals surface area contributed by atoms with E-state index in [0.717, 1.165) is 0 Å². The molecule has 5 nitrogen and oxygen atoms in total. The molecular formula is C11H13NO4S. The fraction of sp³-hybridized carbons (Fsp3) is 0.364. The number of hydrogen-bond acceptors (Lipinski definition) is 4. The Hall–Kier alpha value is -1.40. The monoisotopic (exact) mass is 255 g/mol. The molecule has 0 unspecified atom stereocenters. The van der Waals surface area contributed by atoms with Crippen LogP contribution < -0.4 is 4.72 Å².